The van der Waals surface area contributed by atoms with E-state index in [0.717, 1.165) is 10.0 Å². The van der Waals surface area contributed by atoms with Gasteiger partial charge in [0.25, 0.3) is 5.19 Å². The standard InChI is InChI=1S/C15H19N3O2S2/c1-4-18(12-8-6-5-7-9-12)13(19)10-21-15-17-16-14(22-15)20-11(2)3/h5-9,11H,4,10H2,1-3H3. The van der Waals surface area contributed by atoms with Crippen LogP contribution in [0.15, 0.2) is 34.7 Å². The van der Waals surface area contributed by atoms with E-state index in [-0.39, 0.29) is 12.0 Å². The molecule has 1 heterocycles. The Balaban J connectivity index is 1.92. The summed E-state index contributed by atoms with van der Waals surface area (Å²) in [7, 11) is 0. The molecule has 2 rings (SSSR count). The number of carbonyl (C=O) groups is 1. The smallest absolute Gasteiger partial charge is 0.295 e. The highest BCUT2D eigenvalue weighted by Gasteiger charge is 2.15. The van der Waals surface area contributed by atoms with Crippen LogP contribution in [0.1, 0.15) is 20.8 Å². The highest BCUT2D eigenvalue weighted by Crippen LogP contribution is 2.28. The second kappa shape index (κ2) is 8.14. The van der Waals surface area contributed by atoms with Crippen molar-refractivity contribution in [2.45, 2.75) is 31.2 Å². The minimum absolute atomic E-state index is 0.0558. The van der Waals surface area contributed by atoms with Crippen LogP contribution in [0.5, 0.6) is 5.19 Å². The van der Waals surface area contributed by atoms with Gasteiger partial charge in [0.05, 0.1) is 11.9 Å². The Kier molecular flexibility index (Phi) is 6.21. The zero-order valence-electron chi connectivity index (χ0n) is 12.9. The van der Waals surface area contributed by atoms with Crippen molar-refractivity contribution in [3.05, 3.63) is 30.3 Å². The van der Waals surface area contributed by atoms with Gasteiger partial charge in [0.1, 0.15) is 0 Å². The quantitative estimate of drug-likeness (QED) is 0.724. The molecule has 0 saturated carbocycles. The van der Waals surface area contributed by atoms with Gasteiger partial charge in [-0.15, -0.1) is 5.10 Å². The van der Waals surface area contributed by atoms with E-state index < -0.39 is 0 Å². The number of thioether (sulfide) groups is 1. The predicted octanol–water partition coefficient (Wildman–Crippen LogP) is 3.47. The first kappa shape index (κ1) is 16.8. The summed E-state index contributed by atoms with van der Waals surface area (Å²) in [6.45, 7) is 6.49. The van der Waals surface area contributed by atoms with Crippen molar-refractivity contribution in [1.29, 1.82) is 0 Å². The molecule has 0 radical (unpaired) electrons. The lowest BCUT2D eigenvalue weighted by Crippen LogP contribution is -2.32. The van der Waals surface area contributed by atoms with Gasteiger partial charge in [0.15, 0.2) is 4.34 Å². The average Bonchev–Trinajstić information content (AvgIpc) is 2.94. The van der Waals surface area contributed by atoms with Crippen LogP contribution in [0.2, 0.25) is 0 Å². The average molecular weight is 337 g/mol. The topological polar surface area (TPSA) is 55.3 Å². The van der Waals surface area contributed by atoms with Gasteiger partial charge in [-0.25, -0.2) is 0 Å². The normalized spacial score (nSPS) is 10.7. The molecule has 0 atom stereocenters. The maximum atomic E-state index is 12.4. The van der Waals surface area contributed by atoms with Gasteiger partial charge in [0, 0.05) is 12.2 Å². The van der Waals surface area contributed by atoms with Crippen LogP contribution in [0.25, 0.3) is 0 Å². The molecule has 0 aliphatic rings. The lowest BCUT2D eigenvalue weighted by Gasteiger charge is -2.20. The molecule has 0 fully saturated rings. The first-order chi connectivity index (χ1) is 10.6. The maximum absolute atomic E-state index is 12.4. The van der Waals surface area contributed by atoms with Gasteiger partial charge >= 0.3 is 0 Å². The van der Waals surface area contributed by atoms with Crippen LogP contribution < -0.4 is 9.64 Å². The summed E-state index contributed by atoms with van der Waals surface area (Å²) in [4.78, 5) is 14.1. The monoisotopic (exact) mass is 337 g/mol. The Labute approximate surface area is 138 Å². The molecule has 0 aliphatic heterocycles. The summed E-state index contributed by atoms with van der Waals surface area (Å²) in [6.07, 6.45) is 0.0705. The molecule has 1 aromatic heterocycles. The van der Waals surface area contributed by atoms with E-state index in [0.29, 0.717) is 17.5 Å². The van der Waals surface area contributed by atoms with Crippen molar-refractivity contribution in [3.63, 3.8) is 0 Å². The fraction of sp³-hybridized carbons (Fsp3) is 0.400. The largest absolute Gasteiger partial charge is 0.466 e. The van der Waals surface area contributed by atoms with Crippen molar-refractivity contribution in [2.24, 2.45) is 0 Å². The Morgan fingerprint density at radius 3 is 2.68 bits per heavy atom. The minimum Gasteiger partial charge on any atom is -0.466 e. The van der Waals surface area contributed by atoms with E-state index in [1.165, 1.54) is 23.1 Å². The number of hydrogen-bond donors (Lipinski definition) is 0. The Hall–Kier alpha value is -1.60. The molecule has 0 unspecified atom stereocenters. The molecule has 0 N–H and O–H groups in total. The summed E-state index contributed by atoms with van der Waals surface area (Å²) in [5.41, 5.74) is 0.914. The lowest BCUT2D eigenvalue weighted by atomic mass is 10.3. The zero-order valence-corrected chi connectivity index (χ0v) is 14.5. The molecular weight excluding hydrogens is 318 g/mol. The Morgan fingerprint density at radius 2 is 2.05 bits per heavy atom. The molecular formula is C15H19N3O2S2. The van der Waals surface area contributed by atoms with Gasteiger partial charge in [-0.2, -0.15) is 0 Å². The SMILES string of the molecule is CCN(C(=O)CSc1nnc(OC(C)C)s1)c1ccccc1. The van der Waals surface area contributed by atoms with Crippen LogP contribution in [-0.4, -0.2) is 34.5 Å². The molecule has 1 amide bonds. The van der Waals surface area contributed by atoms with E-state index in [4.69, 9.17) is 4.74 Å². The minimum atomic E-state index is 0.0558. The Morgan fingerprint density at radius 1 is 1.32 bits per heavy atom. The molecule has 0 spiro atoms. The molecule has 1 aromatic carbocycles. The van der Waals surface area contributed by atoms with Gasteiger partial charge in [-0.3, -0.25) is 4.79 Å². The molecule has 7 heteroatoms. The third-order valence-corrected chi connectivity index (χ3v) is 4.66. The van der Waals surface area contributed by atoms with Gasteiger partial charge in [0.2, 0.25) is 5.91 Å². The summed E-state index contributed by atoms with van der Waals surface area (Å²) in [6, 6.07) is 9.67. The number of anilines is 1. The molecule has 22 heavy (non-hydrogen) atoms. The number of ether oxygens (including phenoxy) is 1. The van der Waals surface area contributed by atoms with E-state index >= 15 is 0 Å². The number of aromatic nitrogens is 2. The van der Waals surface area contributed by atoms with Gasteiger partial charge in [-0.1, -0.05) is 35.1 Å². The van der Waals surface area contributed by atoms with Crippen molar-refractivity contribution in [1.82, 2.24) is 10.2 Å². The van der Waals surface area contributed by atoms with Crippen molar-refractivity contribution < 1.29 is 9.53 Å². The van der Waals surface area contributed by atoms with Crippen LogP contribution in [0.4, 0.5) is 5.69 Å². The molecule has 2 aromatic rings. The number of benzene rings is 1. The van der Waals surface area contributed by atoms with Gasteiger partial charge in [-0.05, 0) is 44.2 Å². The fourth-order valence-electron chi connectivity index (χ4n) is 1.82. The molecule has 0 bridgehead atoms. The number of hydrogen-bond acceptors (Lipinski definition) is 6. The first-order valence-corrected chi connectivity index (χ1v) is 8.88. The second-order valence-corrected chi connectivity index (χ2v) is 6.93. The number of amides is 1. The van der Waals surface area contributed by atoms with E-state index in [9.17, 15) is 4.79 Å². The molecule has 0 saturated heterocycles. The number of nitrogens with zero attached hydrogens (tertiary/aromatic N) is 3. The second-order valence-electron chi connectivity index (χ2n) is 4.76. The van der Waals surface area contributed by atoms with Crippen LogP contribution in [0.3, 0.4) is 0 Å². The number of rotatable bonds is 7. The van der Waals surface area contributed by atoms with E-state index in [1.807, 2.05) is 51.1 Å². The van der Waals surface area contributed by atoms with E-state index in [1.54, 1.807) is 4.90 Å². The highest BCUT2D eigenvalue weighted by atomic mass is 32.2. The van der Waals surface area contributed by atoms with Gasteiger partial charge < -0.3 is 9.64 Å². The number of carbonyl (C=O) groups excluding carboxylic acids is 1. The summed E-state index contributed by atoms with van der Waals surface area (Å²) >= 11 is 2.75. The number of para-hydroxylation sites is 1. The Bertz CT molecular complexity index is 602. The summed E-state index contributed by atoms with van der Waals surface area (Å²) < 4.78 is 6.22. The lowest BCUT2D eigenvalue weighted by molar-refractivity contribution is -0.116. The third kappa shape index (κ3) is 4.71. The summed E-state index contributed by atoms with van der Waals surface area (Å²) in [5.74, 6) is 0.388. The summed E-state index contributed by atoms with van der Waals surface area (Å²) in [5, 5.41) is 8.53. The first-order valence-electron chi connectivity index (χ1n) is 7.08. The van der Waals surface area contributed by atoms with E-state index in [2.05, 4.69) is 10.2 Å². The predicted molar refractivity (Wildman–Crippen MR) is 90.9 cm³/mol. The van der Waals surface area contributed by atoms with Crippen molar-refractivity contribution in [2.75, 3.05) is 17.2 Å². The van der Waals surface area contributed by atoms with Crippen LogP contribution in [-0.2, 0) is 4.79 Å². The zero-order chi connectivity index (χ0) is 15.9. The maximum Gasteiger partial charge on any atom is 0.295 e. The van der Waals surface area contributed by atoms with Crippen LogP contribution >= 0.6 is 23.1 Å². The third-order valence-electron chi connectivity index (χ3n) is 2.73. The fourth-order valence-corrected chi connectivity index (χ4v) is 3.50. The molecule has 118 valence electrons. The molecule has 0 aliphatic carbocycles. The highest BCUT2D eigenvalue weighted by molar-refractivity contribution is 8.01. The van der Waals surface area contributed by atoms with Crippen molar-refractivity contribution >= 4 is 34.7 Å². The van der Waals surface area contributed by atoms with Crippen LogP contribution in [0, 0.1) is 0 Å². The molecule has 5 nitrogen and oxygen atoms in total. The van der Waals surface area contributed by atoms with Crippen molar-refractivity contribution in [3.8, 4) is 5.19 Å².